The Labute approximate surface area is 297 Å². The highest BCUT2D eigenvalue weighted by Crippen LogP contribution is 2.47. The second-order valence-corrected chi connectivity index (χ2v) is 15.7. The number of carbonyl (C=O) groups excluding carboxylic acids is 2. The zero-order valence-corrected chi connectivity index (χ0v) is 31.6. The van der Waals surface area contributed by atoms with E-state index >= 15 is 0 Å². The van der Waals surface area contributed by atoms with Gasteiger partial charge in [0.25, 0.3) is 16.1 Å². The summed E-state index contributed by atoms with van der Waals surface area (Å²) < 4.78 is 32.1. The third-order valence-corrected chi connectivity index (χ3v) is 9.26. The number of likely N-dealkylation sites (N-methyl/N-ethyl adjacent to an activating group) is 2. The van der Waals surface area contributed by atoms with Crippen molar-refractivity contribution in [3.05, 3.63) is 58.7 Å². The number of ether oxygens (including phenoxy) is 2. The summed E-state index contributed by atoms with van der Waals surface area (Å²) in [5.41, 5.74) is 6.18. The summed E-state index contributed by atoms with van der Waals surface area (Å²) in [6.45, 7) is 10.8. The van der Waals surface area contributed by atoms with Crippen molar-refractivity contribution in [3.63, 3.8) is 0 Å². The first-order valence-electron chi connectivity index (χ1n) is 17.5. The molecule has 0 atom stereocenters. The number of nitrogens with two attached hydrogens (primary N) is 2. The van der Waals surface area contributed by atoms with Gasteiger partial charge in [-0.05, 0) is 107 Å². The van der Waals surface area contributed by atoms with E-state index in [-0.39, 0.29) is 11.9 Å². The van der Waals surface area contributed by atoms with Gasteiger partial charge < -0.3 is 23.8 Å². The highest BCUT2D eigenvalue weighted by Gasteiger charge is 2.31. The number of methoxy groups -OCH3 is 1. The van der Waals surface area contributed by atoms with Crippen LogP contribution in [0.3, 0.4) is 0 Å². The molecule has 1 saturated carbocycles. The van der Waals surface area contributed by atoms with Crippen molar-refractivity contribution in [3.8, 4) is 17.0 Å². The van der Waals surface area contributed by atoms with E-state index < -0.39 is 15.8 Å². The molecule has 0 spiro atoms. The van der Waals surface area contributed by atoms with E-state index in [9.17, 15) is 18.0 Å². The van der Waals surface area contributed by atoms with E-state index in [0.29, 0.717) is 24.6 Å². The summed E-state index contributed by atoms with van der Waals surface area (Å²) in [7, 11) is 2.03. The van der Waals surface area contributed by atoms with Crippen LogP contribution in [0.15, 0.2) is 42.0 Å². The molecule has 50 heavy (non-hydrogen) atoms. The van der Waals surface area contributed by atoms with E-state index in [1.54, 1.807) is 7.11 Å². The minimum atomic E-state index is -3.67. The van der Waals surface area contributed by atoms with Gasteiger partial charge in [0.05, 0.1) is 24.9 Å². The lowest BCUT2D eigenvalue weighted by atomic mass is 9.81. The van der Waals surface area contributed by atoms with Gasteiger partial charge in [0, 0.05) is 42.2 Å². The molecule has 1 aliphatic carbocycles. The third-order valence-electron chi connectivity index (χ3n) is 9.26. The van der Waals surface area contributed by atoms with Crippen molar-refractivity contribution in [2.75, 3.05) is 40.8 Å². The van der Waals surface area contributed by atoms with Crippen LogP contribution in [0.25, 0.3) is 28.2 Å². The molecular formula is C38H55N5O6S. The fraction of sp³-hybridized carbons (Fsp3) is 0.526. The molecule has 2 aromatic carbocycles. The third kappa shape index (κ3) is 10.2. The van der Waals surface area contributed by atoms with Gasteiger partial charge in [-0.15, -0.1) is 0 Å². The minimum absolute atomic E-state index is 0.0184. The first kappa shape index (κ1) is 39.1. The van der Waals surface area contributed by atoms with Gasteiger partial charge in [-0.2, -0.15) is 8.42 Å². The average Bonchev–Trinajstić information content (AvgIpc) is 3.26. The largest absolute Gasteiger partial charge is 0.497 e. The van der Waals surface area contributed by atoms with Gasteiger partial charge in [0.15, 0.2) is 0 Å². The molecule has 2 heterocycles. The summed E-state index contributed by atoms with van der Waals surface area (Å²) in [5, 5.41) is 9.37. The smallest absolute Gasteiger partial charge is 0.338 e. The maximum Gasteiger partial charge on any atom is 0.338 e. The molecule has 0 unspecified atom stereocenters. The highest BCUT2D eigenvalue weighted by molar-refractivity contribution is 7.86. The van der Waals surface area contributed by atoms with Crippen LogP contribution in [0.5, 0.6) is 5.75 Å². The van der Waals surface area contributed by atoms with Gasteiger partial charge in [-0.1, -0.05) is 38.7 Å². The predicted octanol–water partition coefficient (Wildman–Crippen LogP) is 6.06. The van der Waals surface area contributed by atoms with Crippen molar-refractivity contribution in [2.45, 2.75) is 90.7 Å². The van der Waals surface area contributed by atoms with Crippen LogP contribution in [0, 0.1) is 0 Å². The molecule has 1 aromatic heterocycles. The second-order valence-electron chi connectivity index (χ2n) is 14.5. The number of benzene rings is 2. The van der Waals surface area contributed by atoms with Crippen LogP contribution < -0.4 is 15.0 Å². The molecule has 5 rings (SSSR count). The Morgan fingerprint density at radius 3 is 2.28 bits per heavy atom. The number of aromatic nitrogens is 1. The number of amides is 1. The molecule has 0 saturated heterocycles. The Hall–Kier alpha value is -3.71. The highest BCUT2D eigenvalue weighted by atomic mass is 32.2. The number of hydrogen-bond acceptors (Lipinski definition) is 7. The average molecular weight is 710 g/mol. The van der Waals surface area contributed by atoms with Gasteiger partial charge in [-0.25, -0.2) is 15.1 Å². The number of esters is 1. The van der Waals surface area contributed by atoms with Crippen LogP contribution in [0.4, 0.5) is 0 Å². The molecule has 1 aliphatic heterocycles. The quantitative estimate of drug-likeness (QED) is 0.243. The maximum absolute atomic E-state index is 14.1. The molecular weight excluding hydrogens is 655 g/mol. The molecule has 2 aliphatic rings. The van der Waals surface area contributed by atoms with Crippen molar-refractivity contribution in [2.24, 2.45) is 10.3 Å². The zero-order chi connectivity index (χ0) is 36.8. The summed E-state index contributed by atoms with van der Waals surface area (Å²) in [6, 6.07) is 12.2. The standard InChI is InChI=1S/C38H51N3O4.H4N2O2S/c1-8-9-19-39(5)20-21-40(6)36(42)29-22-28-23-30(44-7)16-18-31(28)35-34(26-13-11-10-12-14-26)32-17-15-27(24-33(32)41(35)25-29)37(43)45-38(2,3)4;1-5(2,3)4/h15-18,22-24,26H,8-14,19-21,25H2,1-7H3;(H4,1,2,3,4). The Bertz CT molecular complexity index is 1810. The summed E-state index contributed by atoms with van der Waals surface area (Å²) >= 11 is 0. The van der Waals surface area contributed by atoms with Crippen molar-refractivity contribution >= 4 is 39.1 Å². The van der Waals surface area contributed by atoms with Gasteiger partial charge >= 0.3 is 5.97 Å². The molecule has 12 heteroatoms. The van der Waals surface area contributed by atoms with Gasteiger partial charge in [0.1, 0.15) is 11.4 Å². The molecule has 1 amide bonds. The number of fused-ring (bicyclic) bond motifs is 5. The number of nitrogens with zero attached hydrogens (tertiary/aromatic N) is 3. The van der Waals surface area contributed by atoms with Gasteiger partial charge in [-0.3, -0.25) is 4.79 Å². The molecule has 1 fully saturated rings. The SMILES string of the molecule is CCCCN(C)CCN(C)C(=O)C1=Cc2cc(OC)ccc2-c2c(C3CCCCC3)c3ccc(C(=O)OC(C)(C)C)cc3n2C1.NS(N)(=O)=O. The number of rotatable bonds is 10. The second kappa shape index (κ2) is 16.5. The van der Waals surface area contributed by atoms with Crippen LogP contribution in [-0.4, -0.2) is 81.1 Å². The van der Waals surface area contributed by atoms with E-state index in [4.69, 9.17) is 9.47 Å². The van der Waals surface area contributed by atoms with Crippen molar-refractivity contribution < 1.29 is 27.5 Å². The molecule has 0 radical (unpaired) electrons. The van der Waals surface area contributed by atoms with Crippen LogP contribution in [-0.2, 0) is 26.3 Å². The monoisotopic (exact) mass is 709 g/mol. The predicted molar refractivity (Wildman–Crippen MR) is 200 cm³/mol. The van der Waals surface area contributed by atoms with Crippen molar-refractivity contribution in [1.82, 2.24) is 14.4 Å². The van der Waals surface area contributed by atoms with E-state index in [1.807, 2.05) is 57.0 Å². The molecule has 4 N–H and O–H groups in total. The topological polar surface area (TPSA) is 150 Å². The van der Waals surface area contributed by atoms with Crippen LogP contribution in [0.2, 0.25) is 0 Å². The summed E-state index contributed by atoms with van der Waals surface area (Å²) in [5.74, 6) is 0.860. The Balaban J connectivity index is 0.00000105. The normalized spacial score (nSPS) is 15.0. The van der Waals surface area contributed by atoms with Crippen molar-refractivity contribution in [1.29, 1.82) is 0 Å². The molecule has 11 nitrogen and oxygen atoms in total. The van der Waals surface area contributed by atoms with Crippen LogP contribution in [0.1, 0.15) is 100 Å². The summed E-state index contributed by atoms with van der Waals surface area (Å²) in [4.78, 5) is 31.5. The van der Waals surface area contributed by atoms with E-state index in [0.717, 1.165) is 77.8 Å². The lowest BCUT2D eigenvalue weighted by Crippen LogP contribution is -2.36. The van der Waals surface area contributed by atoms with E-state index in [2.05, 4.69) is 51.9 Å². The zero-order valence-electron chi connectivity index (χ0n) is 30.8. The summed E-state index contributed by atoms with van der Waals surface area (Å²) in [6.07, 6.45) is 10.3. The number of hydrogen-bond donors (Lipinski definition) is 2. The number of unbranched alkanes of at least 4 members (excludes halogenated alkanes) is 1. The van der Waals surface area contributed by atoms with E-state index in [1.165, 1.54) is 24.8 Å². The first-order valence-corrected chi connectivity index (χ1v) is 19.1. The molecule has 3 aromatic rings. The lowest BCUT2D eigenvalue weighted by molar-refractivity contribution is -0.126. The van der Waals surface area contributed by atoms with Gasteiger partial charge in [0.2, 0.25) is 0 Å². The lowest BCUT2D eigenvalue weighted by Gasteiger charge is -2.24. The van der Waals surface area contributed by atoms with Crippen LogP contribution >= 0.6 is 0 Å². The first-order chi connectivity index (χ1) is 23.5. The minimum Gasteiger partial charge on any atom is -0.497 e. The Morgan fingerprint density at radius 1 is 0.980 bits per heavy atom. The fourth-order valence-electron chi connectivity index (χ4n) is 6.84. The molecule has 0 bridgehead atoms. The Morgan fingerprint density at radius 2 is 1.66 bits per heavy atom. The Kier molecular flexibility index (Phi) is 12.9. The number of carbonyl (C=O) groups is 2. The molecule has 274 valence electrons. The fourth-order valence-corrected chi connectivity index (χ4v) is 6.84. The maximum atomic E-state index is 14.1.